The third-order valence-corrected chi connectivity index (χ3v) is 5.52. The molecule has 0 aliphatic carbocycles. The molecule has 0 bridgehead atoms. The SMILES string of the molecule is CCS(=O)(=O)N1CCC(Nc2ccc(C)cc2)CC1. The molecule has 1 aromatic rings. The van der Waals surface area contributed by atoms with E-state index in [4.69, 9.17) is 0 Å². The van der Waals surface area contributed by atoms with Crippen molar-refractivity contribution in [2.45, 2.75) is 32.7 Å². The lowest BCUT2D eigenvalue weighted by Gasteiger charge is -2.31. The van der Waals surface area contributed by atoms with Crippen LogP contribution in [0.5, 0.6) is 0 Å². The molecule has 1 aliphatic rings. The fourth-order valence-electron chi connectivity index (χ4n) is 2.35. The maximum Gasteiger partial charge on any atom is 0.213 e. The quantitative estimate of drug-likeness (QED) is 0.921. The molecular weight excluding hydrogens is 260 g/mol. The summed E-state index contributed by atoms with van der Waals surface area (Å²) >= 11 is 0. The van der Waals surface area contributed by atoms with Gasteiger partial charge in [0.1, 0.15) is 0 Å². The lowest BCUT2D eigenvalue weighted by atomic mass is 10.1. The first-order valence-corrected chi connectivity index (χ1v) is 8.43. The third kappa shape index (κ3) is 3.70. The Hall–Kier alpha value is -1.07. The zero-order valence-corrected chi connectivity index (χ0v) is 12.4. The van der Waals surface area contributed by atoms with Crippen LogP contribution in [0.4, 0.5) is 5.69 Å². The van der Waals surface area contributed by atoms with Gasteiger partial charge in [-0.15, -0.1) is 0 Å². The van der Waals surface area contributed by atoms with Gasteiger partial charge in [-0.25, -0.2) is 12.7 Å². The van der Waals surface area contributed by atoms with Crippen LogP contribution in [0.2, 0.25) is 0 Å². The van der Waals surface area contributed by atoms with Crippen LogP contribution < -0.4 is 5.32 Å². The van der Waals surface area contributed by atoms with Crippen molar-refractivity contribution < 1.29 is 8.42 Å². The third-order valence-electron chi connectivity index (χ3n) is 3.63. The van der Waals surface area contributed by atoms with Crippen molar-refractivity contribution in [3.63, 3.8) is 0 Å². The van der Waals surface area contributed by atoms with Crippen molar-refractivity contribution in [2.24, 2.45) is 0 Å². The molecule has 0 unspecified atom stereocenters. The van der Waals surface area contributed by atoms with Gasteiger partial charge < -0.3 is 5.32 Å². The Morgan fingerprint density at radius 3 is 2.32 bits per heavy atom. The number of benzene rings is 1. The van der Waals surface area contributed by atoms with Crippen molar-refractivity contribution in [1.29, 1.82) is 0 Å². The van der Waals surface area contributed by atoms with Gasteiger partial charge in [0.2, 0.25) is 10.0 Å². The second-order valence-electron chi connectivity index (χ2n) is 5.08. The molecule has 1 saturated heterocycles. The first-order chi connectivity index (χ1) is 9.01. The highest BCUT2D eigenvalue weighted by molar-refractivity contribution is 7.89. The molecule has 1 heterocycles. The molecule has 5 heteroatoms. The number of aryl methyl sites for hydroxylation is 1. The summed E-state index contributed by atoms with van der Waals surface area (Å²) in [6, 6.07) is 8.68. The number of nitrogens with zero attached hydrogens (tertiary/aromatic N) is 1. The van der Waals surface area contributed by atoms with E-state index in [0.717, 1.165) is 18.5 Å². The molecular formula is C14H22N2O2S. The summed E-state index contributed by atoms with van der Waals surface area (Å²) < 4.78 is 25.1. The maximum atomic E-state index is 11.8. The minimum atomic E-state index is -3.02. The van der Waals surface area contributed by atoms with Gasteiger partial charge in [0.05, 0.1) is 5.75 Å². The molecule has 1 aliphatic heterocycles. The highest BCUT2D eigenvalue weighted by Gasteiger charge is 2.26. The number of hydrogen-bond acceptors (Lipinski definition) is 3. The van der Waals surface area contributed by atoms with Crippen LogP contribution in [-0.4, -0.2) is 37.6 Å². The van der Waals surface area contributed by atoms with E-state index in [2.05, 4.69) is 36.5 Å². The molecule has 2 rings (SSSR count). The van der Waals surface area contributed by atoms with Crippen LogP contribution in [0.3, 0.4) is 0 Å². The number of rotatable bonds is 4. The van der Waals surface area contributed by atoms with Crippen LogP contribution in [0.25, 0.3) is 0 Å². The number of hydrogen-bond donors (Lipinski definition) is 1. The average Bonchev–Trinajstić information content (AvgIpc) is 2.42. The summed E-state index contributed by atoms with van der Waals surface area (Å²) in [6.45, 7) is 5.02. The Morgan fingerprint density at radius 2 is 1.79 bits per heavy atom. The largest absolute Gasteiger partial charge is 0.382 e. The molecule has 19 heavy (non-hydrogen) atoms. The lowest BCUT2D eigenvalue weighted by Crippen LogP contribution is -2.42. The highest BCUT2D eigenvalue weighted by Crippen LogP contribution is 2.19. The Balaban J connectivity index is 1.89. The summed E-state index contributed by atoms with van der Waals surface area (Å²) in [5.41, 5.74) is 2.36. The van der Waals surface area contributed by atoms with Gasteiger partial charge in [-0.2, -0.15) is 0 Å². The molecule has 0 radical (unpaired) electrons. The van der Waals surface area contributed by atoms with E-state index in [-0.39, 0.29) is 5.75 Å². The summed E-state index contributed by atoms with van der Waals surface area (Å²) in [7, 11) is -3.02. The standard InChI is InChI=1S/C14H22N2O2S/c1-3-19(17,18)16-10-8-14(9-11-16)15-13-6-4-12(2)5-7-13/h4-7,14-15H,3,8-11H2,1-2H3. The number of piperidine rings is 1. The minimum Gasteiger partial charge on any atom is -0.382 e. The van der Waals surface area contributed by atoms with Crippen molar-refractivity contribution in [3.05, 3.63) is 29.8 Å². The van der Waals surface area contributed by atoms with Gasteiger partial charge in [0.25, 0.3) is 0 Å². The van der Waals surface area contributed by atoms with Crippen molar-refractivity contribution >= 4 is 15.7 Å². The first-order valence-electron chi connectivity index (χ1n) is 6.82. The van der Waals surface area contributed by atoms with Crippen LogP contribution >= 0.6 is 0 Å². The summed E-state index contributed by atoms with van der Waals surface area (Å²) in [6.07, 6.45) is 1.74. The maximum absolute atomic E-state index is 11.8. The van der Waals surface area contributed by atoms with Gasteiger partial charge in [0.15, 0.2) is 0 Å². The lowest BCUT2D eigenvalue weighted by molar-refractivity contribution is 0.330. The normalized spacial score (nSPS) is 18.4. The molecule has 1 aromatic carbocycles. The van der Waals surface area contributed by atoms with E-state index >= 15 is 0 Å². The summed E-state index contributed by atoms with van der Waals surface area (Å²) in [4.78, 5) is 0. The van der Waals surface area contributed by atoms with Gasteiger partial charge in [-0.1, -0.05) is 17.7 Å². The molecule has 0 saturated carbocycles. The Morgan fingerprint density at radius 1 is 1.21 bits per heavy atom. The topological polar surface area (TPSA) is 49.4 Å². The predicted molar refractivity (Wildman–Crippen MR) is 78.9 cm³/mol. The highest BCUT2D eigenvalue weighted by atomic mass is 32.2. The molecule has 0 amide bonds. The van der Waals surface area contributed by atoms with Crippen molar-refractivity contribution in [3.8, 4) is 0 Å². The summed E-state index contributed by atoms with van der Waals surface area (Å²) in [5.74, 6) is 0.197. The second kappa shape index (κ2) is 5.92. The minimum absolute atomic E-state index is 0.197. The fraction of sp³-hybridized carbons (Fsp3) is 0.571. The van der Waals surface area contributed by atoms with Gasteiger partial charge >= 0.3 is 0 Å². The van der Waals surface area contributed by atoms with Crippen molar-refractivity contribution in [1.82, 2.24) is 4.31 Å². The van der Waals surface area contributed by atoms with E-state index in [1.165, 1.54) is 5.56 Å². The van der Waals surface area contributed by atoms with E-state index in [1.807, 2.05) is 0 Å². The Labute approximate surface area is 115 Å². The zero-order chi connectivity index (χ0) is 13.9. The predicted octanol–water partition coefficient (Wildman–Crippen LogP) is 2.22. The second-order valence-corrected chi connectivity index (χ2v) is 7.34. The Bertz CT molecular complexity index is 503. The van der Waals surface area contributed by atoms with Crippen LogP contribution in [0, 0.1) is 6.92 Å². The van der Waals surface area contributed by atoms with Crippen molar-refractivity contribution in [2.75, 3.05) is 24.2 Å². The van der Waals surface area contributed by atoms with Crippen LogP contribution in [0.1, 0.15) is 25.3 Å². The molecule has 0 atom stereocenters. The average molecular weight is 282 g/mol. The monoisotopic (exact) mass is 282 g/mol. The van der Waals surface area contributed by atoms with E-state index < -0.39 is 10.0 Å². The number of nitrogens with one attached hydrogen (secondary N) is 1. The number of sulfonamides is 1. The van der Waals surface area contributed by atoms with Crippen LogP contribution in [-0.2, 0) is 10.0 Å². The van der Waals surface area contributed by atoms with E-state index in [9.17, 15) is 8.42 Å². The number of anilines is 1. The molecule has 1 fully saturated rings. The van der Waals surface area contributed by atoms with E-state index in [1.54, 1.807) is 11.2 Å². The van der Waals surface area contributed by atoms with E-state index in [0.29, 0.717) is 19.1 Å². The van der Waals surface area contributed by atoms with Gasteiger partial charge in [-0.3, -0.25) is 0 Å². The zero-order valence-electron chi connectivity index (χ0n) is 11.6. The Kier molecular flexibility index (Phi) is 4.47. The molecule has 4 nitrogen and oxygen atoms in total. The summed E-state index contributed by atoms with van der Waals surface area (Å²) in [5, 5.41) is 3.48. The first kappa shape index (κ1) is 14.3. The van der Waals surface area contributed by atoms with Gasteiger partial charge in [-0.05, 0) is 38.8 Å². The molecule has 0 aromatic heterocycles. The molecule has 0 spiro atoms. The smallest absolute Gasteiger partial charge is 0.213 e. The van der Waals surface area contributed by atoms with Gasteiger partial charge in [0, 0.05) is 24.8 Å². The molecule has 106 valence electrons. The molecule has 1 N–H and O–H groups in total. The fourth-order valence-corrected chi connectivity index (χ4v) is 3.48. The van der Waals surface area contributed by atoms with Crippen LogP contribution in [0.15, 0.2) is 24.3 Å².